The summed E-state index contributed by atoms with van der Waals surface area (Å²) < 4.78 is 9.22. The predicted molar refractivity (Wildman–Crippen MR) is 59.5 cm³/mol. The number of ether oxygens (including phenoxy) is 1. The van der Waals surface area contributed by atoms with Crippen LogP contribution in [0.5, 0.6) is 0 Å². The number of carbonyl (C=O) groups excluding carboxylic acids is 1. The molecule has 1 atom stereocenters. The van der Waals surface area contributed by atoms with E-state index in [1.807, 2.05) is 7.05 Å². The van der Waals surface area contributed by atoms with Gasteiger partial charge in [-0.05, 0) is 18.6 Å². The highest BCUT2D eigenvalue weighted by molar-refractivity contribution is 7.03. The Morgan fingerprint density at radius 1 is 1.81 bits per heavy atom. The van der Waals surface area contributed by atoms with E-state index in [-0.39, 0.29) is 12.0 Å². The van der Waals surface area contributed by atoms with Crippen LogP contribution >= 0.6 is 11.5 Å². The molecule has 1 aromatic heterocycles. The first-order valence-electron chi connectivity index (χ1n) is 5.14. The van der Waals surface area contributed by atoms with Gasteiger partial charge in [-0.3, -0.25) is 4.79 Å². The van der Waals surface area contributed by atoms with Gasteiger partial charge in [0.2, 0.25) is 0 Å². The van der Waals surface area contributed by atoms with Crippen molar-refractivity contribution < 1.29 is 9.53 Å². The highest BCUT2D eigenvalue weighted by Gasteiger charge is 2.25. The van der Waals surface area contributed by atoms with Crippen LogP contribution in [0.4, 0.5) is 0 Å². The molecule has 1 unspecified atom stereocenters. The van der Waals surface area contributed by atoms with Crippen LogP contribution in [0.2, 0.25) is 0 Å². The molecule has 1 aromatic rings. The smallest absolute Gasteiger partial charge is 0.275 e. The van der Waals surface area contributed by atoms with E-state index in [0.29, 0.717) is 25.4 Å². The molecule has 16 heavy (non-hydrogen) atoms. The molecule has 1 fully saturated rings. The van der Waals surface area contributed by atoms with Gasteiger partial charge in [0.05, 0.1) is 12.7 Å². The molecule has 0 radical (unpaired) electrons. The Labute approximate surface area is 97.8 Å². The van der Waals surface area contributed by atoms with E-state index >= 15 is 0 Å². The van der Waals surface area contributed by atoms with Crippen LogP contribution in [0.1, 0.15) is 10.5 Å². The zero-order chi connectivity index (χ0) is 11.4. The standard InChI is InChI=1S/C9H14N4O2S/c1-10-4-7-5-13(2-3-15-7)9(14)8-6-16-12-11-8/h6-7,10H,2-5H2,1H3. The molecular formula is C9H14N4O2S. The molecular weight excluding hydrogens is 228 g/mol. The number of aromatic nitrogens is 2. The zero-order valence-corrected chi connectivity index (χ0v) is 9.87. The van der Waals surface area contributed by atoms with Gasteiger partial charge in [-0.25, -0.2) is 0 Å². The normalized spacial score (nSPS) is 21.1. The van der Waals surface area contributed by atoms with Crippen molar-refractivity contribution in [1.29, 1.82) is 0 Å². The molecule has 0 saturated carbocycles. The summed E-state index contributed by atoms with van der Waals surface area (Å²) >= 11 is 1.19. The SMILES string of the molecule is CNCC1CN(C(=O)c2csnn2)CCO1. The largest absolute Gasteiger partial charge is 0.373 e. The van der Waals surface area contributed by atoms with Crippen LogP contribution in [0.3, 0.4) is 0 Å². The Balaban J connectivity index is 1.96. The van der Waals surface area contributed by atoms with Crippen LogP contribution in [0.15, 0.2) is 5.38 Å². The van der Waals surface area contributed by atoms with Crippen molar-refractivity contribution in [2.45, 2.75) is 6.10 Å². The van der Waals surface area contributed by atoms with Gasteiger partial charge < -0.3 is 15.0 Å². The average Bonchev–Trinajstić information content (AvgIpc) is 2.82. The van der Waals surface area contributed by atoms with E-state index < -0.39 is 0 Å². The van der Waals surface area contributed by atoms with Gasteiger partial charge in [-0.15, -0.1) is 5.10 Å². The first-order chi connectivity index (χ1) is 7.81. The van der Waals surface area contributed by atoms with Gasteiger partial charge >= 0.3 is 0 Å². The fourth-order valence-electron chi connectivity index (χ4n) is 1.67. The summed E-state index contributed by atoms with van der Waals surface area (Å²) in [5.41, 5.74) is 0.426. The monoisotopic (exact) mass is 242 g/mol. The maximum absolute atomic E-state index is 12.0. The Morgan fingerprint density at radius 3 is 3.38 bits per heavy atom. The van der Waals surface area contributed by atoms with Gasteiger partial charge in [0, 0.05) is 25.0 Å². The minimum atomic E-state index is -0.0573. The van der Waals surface area contributed by atoms with Gasteiger partial charge in [0.15, 0.2) is 5.69 Å². The highest BCUT2D eigenvalue weighted by atomic mass is 32.1. The molecule has 0 aromatic carbocycles. The van der Waals surface area contributed by atoms with E-state index in [0.717, 1.165) is 6.54 Å². The first-order valence-corrected chi connectivity index (χ1v) is 5.97. The van der Waals surface area contributed by atoms with Crippen molar-refractivity contribution in [3.8, 4) is 0 Å². The molecule has 2 rings (SSSR count). The number of hydrogen-bond donors (Lipinski definition) is 1. The molecule has 1 aliphatic heterocycles. The lowest BCUT2D eigenvalue weighted by atomic mass is 10.2. The number of carbonyl (C=O) groups is 1. The Morgan fingerprint density at radius 2 is 2.69 bits per heavy atom. The number of hydrogen-bond acceptors (Lipinski definition) is 6. The first kappa shape index (κ1) is 11.4. The summed E-state index contributed by atoms with van der Waals surface area (Å²) in [7, 11) is 1.87. The molecule has 0 bridgehead atoms. The van der Waals surface area contributed by atoms with E-state index in [9.17, 15) is 4.79 Å². The Kier molecular flexibility index (Phi) is 3.81. The summed E-state index contributed by atoms with van der Waals surface area (Å²) in [6.07, 6.45) is 0.0642. The van der Waals surface area contributed by atoms with Crippen LogP contribution in [-0.2, 0) is 4.74 Å². The minimum Gasteiger partial charge on any atom is -0.373 e. The molecule has 88 valence electrons. The van der Waals surface area contributed by atoms with Gasteiger partial charge in [0.1, 0.15) is 0 Å². The van der Waals surface area contributed by atoms with E-state index in [4.69, 9.17) is 4.74 Å². The molecule has 1 N–H and O–H groups in total. The van der Waals surface area contributed by atoms with Crippen molar-refractivity contribution in [3.63, 3.8) is 0 Å². The number of amides is 1. The molecule has 0 spiro atoms. The topological polar surface area (TPSA) is 67.4 Å². The van der Waals surface area contributed by atoms with Crippen molar-refractivity contribution in [3.05, 3.63) is 11.1 Å². The second kappa shape index (κ2) is 5.33. The number of nitrogens with zero attached hydrogens (tertiary/aromatic N) is 3. The molecule has 1 saturated heterocycles. The van der Waals surface area contributed by atoms with E-state index in [1.165, 1.54) is 11.5 Å². The van der Waals surface area contributed by atoms with E-state index in [1.54, 1.807) is 10.3 Å². The average molecular weight is 242 g/mol. The van der Waals surface area contributed by atoms with Crippen LogP contribution < -0.4 is 5.32 Å². The number of nitrogens with one attached hydrogen (secondary N) is 1. The summed E-state index contributed by atoms with van der Waals surface area (Å²) in [4.78, 5) is 13.7. The lowest BCUT2D eigenvalue weighted by Crippen LogP contribution is -2.48. The maximum Gasteiger partial charge on any atom is 0.275 e. The predicted octanol–water partition coefficient (Wildman–Crippen LogP) is -0.402. The molecule has 6 nitrogen and oxygen atoms in total. The molecule has 1 aliphatic rings. The Hall–Kier alpha value is -1.05. The number of morpholine rings is 1. The molecule has 7 heteroatoms. The maximum atomic E-state index is 12.0. The van der Waals surface area contributed by atoms with Crippen molar-refractivity contribution in [2.75, 3.05) is 33.3 Å². The van der Waals surface area contributed by atoms with E-state index in [2.05, 4.69) is 14.9 Å². The van der Waals surface area contributed by atoms with Crippen molar-refractivity contribution in [1.82, 2.24) is 19.8 Å². The summed E-state index contributed by atoms with van der Waals surface area (Å²) in [5, 5.41) is 8.50. The second-order valence-electron chi connectivity index (χ2n) is 3.59. The quantitative estimate of drug-likeness (QED) is 0.781. The summed E-state index contributed by atoms with van der Waals surface area (Å²) in [5.74, 6) is -0.0573. The number of rotatable bonds is 3. The van der Waals surface area contributed by atoms with Crippen LogP contribution in [0, 0.1) is 0 Å². The molecule has 0 aliphatic carbocycles. The second-order valence-corrected chi connectivity index (χ2v) is 4.20. The molecule has 2 heterocycles. The highest BCUT2D eigenvalue weighted by Crippen LogP contribution is 2.09. The van der Waals surface area contributed by atoms with Gasteiger partial charge in [0.25, 0.3) is 5.91 Å². The van der Waals surface area contributed by atoms with Gasteiger partial charge in [-0.2, -0.15) is 0 Å². The fraction of sp³-hybridized carbons (Fsp3) is 0.667. The Bertz CT molecular complexity index is 341. The summed E-state index contributed by atoms with van der Waals surface area (Å²) in [6.45, 7) is 2.56. The number of likely N-dealkylation sites (N-methyl/N-ethyl adjacent to an activating group) is 1. The summed E-state index contributed by atoms with van der Waals surface area (Å²) in [6, 6.07) is 0. The van der Waals surface area contributed by atoms with Crippen molar-refractivity contribution >= 4 is 17.4 Å². The van der Waals surface area contributed by atoms with Gasteiger partial charge in [-0.1, -0.05) is 4.49 Å². The lowest BCUT2D eigenvalue weighted by Gasteiger charge is -2.32. The van der Waals surface area contributed by atoms with Crippen LogP contribution in [-0.4, -0.2) is 59.8 Å². The lowest BCUT2D eigenvalue weighted by molar-refractivity contribution is -0.0198. The molecule has 1 amide bonds. The third-order valence-corrected chi connectivity index (χ3v) is 2.94. The fourth-order valence-corrected chi connectivity index (χ4v) is 2.10. The van der Waals surface area contributed by atoms with Crippen LogP contribution in [0.25, 0.3) is 0 Å². The third-order valence-electron chi connectivity index (χ3n) is 2.44. The van der Waals surface area contributed by atoms with Crippen molar-refractivity contribution in [2.24, 2.45) is 0 Å². The third kappa shape index (κ3) is 2.55. The zero-order valence-electron chi connectivity index (χ0n) is 9.05. The minimum absolute atomic E-state index is 0.0573.